The molecule has 200 valence electrons. The summed E-state index contributed by atoms with van der Waals surface area (Å²) < 4.78 is 25.5. The van der Waals surface area contributed by atoms with E-state index >= 15 is 0 Å². The molecule has 1 fully saturated rings. The molecule has 38 heavy (non-hydrogen) atoms. The second-order valence-corrected chi connectivity index (χ2v) is 10.1. The topological polar surface area (TPSA) is 107 Å². The number of benzene rings is 2. The molecule has 1 aliphatic rings. The molecular formula is C29H35N5O4. The molecule has 1 saturated carbocycles. The Hall–Kier alpha value is -3.85. The van der Waals surface area contributed by atoms with Crippen molar-refractivity contribution in [3.8, 4) is 17.2 Å². The number of H-pyrrole nitrogens is 1. The van der Waals surface area contributed by atoms with Gasteiger partial charge in [0.2, 0.25) is 0 Å². The van der Waals surface area contributed by atoms with Crippen molar-refractivity contribution in [1.29, 1.82) is 5.41 Å². The van der Waals surface area contributed by atoms with Gasteiger partial charge in [-0.2, -0.15) is 0 Å². The van der Waals surface area contributed by atoms with Crippen molar-refractivity contribution in [1.82, 2.24) is 19.5 Å². The van der Waals surface area contributed by atoms with E-state index in [2.05, 4.69) is 9.97 Å². The SMILES string of the molecule is COc1ccccc1COC(C)(C)c1nc2c([nH]1)c(=N)ncn2Cc1ccc(OC)c(OC2CCCC2)c1. The van der Waals surface area contributed by atoms with Gasteiger partial charge in [-0.25, -0.2) is 9.97 Å². The molecule has 0 bridgehead atoms. The number of fused-ring (bicyclic) bond motifs is 1. The lowest BCUT2D eigenvalue weighted by Gasteiger charge is -2.23. The molecule has 0 amide bonds. The Morgan fingerprint density at radius 3 is 2.55 bits per heavy atom. The lowest BCUT2D eigenvalue weighted by Crippen LogP contribution is -2.23. The van der Waals surface area contributed by atoms with Crippen molar-refractivity contribution >= 4 is 11.2 Å². The van der Waals surface area contributed by atoms with Crippen molar-refractivity contribution in [3.63, 3.8) is 0 Å². The van der Waals surface area contributed by atoms with Crippen LogP contribution in [0.4, 0.5) is 0 Å². The molecule has 4 aromatic rings. The number of aromatic amines is 1. The van der Waals surface area contributed by atoms with Gasteiger partial charge in [0, 0.05) is 5.56 Å². The van der Waals surface area contributed by atoms with E-state index in [9.17, 15) is 0 Å². The van der Waals surface area contributed by atoms with Crippen molar-refractivity contribution < 1.29 is 18.9 Å². The lowest BCUT2D eigenvalue weighted by molar-refractivity contribution is -0.0399. The summed E-state index contributed by atoms with van der Waals surface area (Å²) in [5, 5.41) is 8.37. The predicted molar refractivity (Wildman–Crippen MR) is 144 cm³/mol. The van der Waals surface area contributed by atoms with Crippen molar-refractivity contribution in [2.75, 3.05) is 14.2 Å². The molecule has 0 unspecified atom stereocenters. The molecular weight excluding hydrogens is 482 g/mol. The van der Waals surface area contributed by atoms with Gasteiger partial charge in [0.15, 0.2) is 22.6 Å². The Kier molecular flexibility index (Phi) is 7.37. The van der Waals surface area contributed by atoms with Crippen LogP contribution in [0.25, 0.3) is 11.2 Å². The molecule has 9 nitrogen and oxygen atoms in total. The third-order valence-corrected chi connectivity index (χ3v) is 7.05. The monoisotopic (exact) mass is 517 g/mol. The maximum absolute atomic E-state index is 8.37. The van der Waals surface area contributed by atoms with Crippen LogP contribution < -0.4 is 19.7 Å². The first-order valence-electron chi connectivity index (χ1n) is 13.0. The summed E-state index contributed by atoms with van der Waals surface area (Å²) in [7, 11) is 3.31. The van der Waals surface area contributed by atoms with Gasteiger partial charge >= 0.3 is 0 Å². The van der Waals surface area contributed by atoms with Gasteiger partial charge in [-0.3, -0.25) is 5.41 Å². The molecule has 0 aliphatic heterocycles. The van der Waals surface area contributed by atoms with E-state index in [1.54, 1.807) is 20.5 Å². The number of methoxy groups -OCH3 is 2. The molecule has 5 rings (SSSR count). The van der Waals surface area contributed by atoms with Crippen LogP contribution in [0, 0.1) is 5.41 Å². The summed E-state index contributed by atoms with van der Waals surface area (Å²) in [6, 6.07) is 13.8. The Bertz CT molecular complexity index is 1470. The van der Waals surface area contributed by atoms with Gasteiger partial charge in [0.25, 0.3) is 0 Å². The van der Waals surface area contributed by atoms with Crippen LogP contribution in [0.5, 0.6) is 17.2 Å². The normalized spacial score (nSPS) is 14.2. The molecule has 0 saturated heterocycles. The molecule has 2 heterocycles. The zero-order chi connectivity index (χ0) is 26.7. The quantitative estimate of drug-likeness (QED) is 0.304. The summed E-state index contributed by atoms with van der Waals surface area (Å²) in [4.78, 5) is 12.5. The summed E-state index contributed by atoms with van der Waals surface area (Å²) >= 11 is 0. The average molecular weight is 518 g/mol. The number of hydrogen-bond acceptors (Lipinski definition) is 7. The largest absolute Gasteiger partial charge is 0.496 e. The number of imidazole rings is 1. The van der Waals surface area contributed by atoms with Crippen LogP contribution in [-0.4, -0.2) is 39.8 Å². The highest BCUT2D eigenvalue weighted by atomic mass is 16.5. The number of nitrogens with one attached hydrogen (secondary N) is 2. The third-order valence-electron chi connectivity index (χ3n) is 7.05. The fraction of sp³-hybridized carbons (Fsp3) is 0.414. The van der Waals surface area contributed by atoms with E-state index in [0.29, 0.717) is 30.1 Å². The van der Waals surface area contributed by atoms with Crippen LogP contribution in [-0.2, 0) is 23.5 Å². The highest BCUT2D eigenvalue weighted by molar-refractivity contribution is 5.69. The molecule has 0 radical (unpaired) electrons. The van der Waals surface area contributed by atoms with Crippen LogP contribution in [0.3, 0.4) is 0 Å². The maximum atomic E-state index is 8.37. The predicted octanol–water partition coefficient (Wildman–Crippen LogP) is 5.08. The van der Waals surface area contributed by atoms with Crippen molar-refractivity contribution in [2.24, 2.45) is 0 Å². The standard InChI is InChI=1S/C29H35N5O4/c1-29(2,37-17-20-9-5-8-12-22(20)35-3)28-32-25-26(30)31-18-34(27(25)33-28)16-19-13-14-23(36-4)24(15-19)38-21-10-6-7-11-21/h5,8-9,12-15,18,21,30H,6-7,10-11,16-17H2,1-4H3,(H,32,33). The van der Waals surface area contributed by atoms with E-state index in [0.717, 1.165) is 41.2 Å². The Labute approximate surface area is 222 Å². The minimum atomic E-state index is -0.744. The number of aromatic nitrogens is 4. The lowest BCUT2D eigenvalue weighted by atomic mass is 10.1. The van der Waals surface area contributed by atoms with Gasteiger partial charge in [-0.15, -0.1) is 0 Å². The van der Waals surface area contributed by atoms with Gasteiger partial charge in [0.1, 0.15) is 22.7 Å². The summed E-state index contributed by atoms with van der Waals surface area (Å²) in [5.74, 6) is 2.88. The molecule has 0 atom stereocenters. The van der Waals surface area contributed by atoms with Crippen LogP contribution in [0.1, 0.15) is 56.5 Å². The Morgan fingerprint density at radius 2 is 1.79 bits per heavy atom. The smallest absolute Gasteiger partial charge is 0.173 e. The number of nitrogens with zero attached hydrogens (tertiary/aromatic N) is 3. The van der Waals surface area contributed by atoms with E-state index in [1.807, 2.05) is 60.9 Å². The first-order valence-corrected chi connectivity index (χ1v) is 13.0. The molecule has 2 N–H and O–H groups in total. The zero-order valence-corrected chi connectivity index (χ0v) is 22.4. The van der Waals surface area contributed by atoms with Crippen LogP contribution >= 0.6 is 0 Å². The number of rotatable bonds is 10. The fourth-order valence-corrected chi connectivity index (χ4v) is 4.83. The fourth-order valence-electron chi connectivity index (χ4n) is 4.83. The third kappa shape index (κ3) is 5.38. The minimum absolute atomic E-state index is 0.135. The second kappa shape index (κ2) is 10.9. The number of hydrogen-bond donors (Lipinski definition) is 2. The first kappa shape index (κ1) is 25.8. The summed E-state index contributed by atoms with van der Waals surface area (Å²) in [6.45, 7) is 4.78. The first-order chi connectivity index (χ1) is 18.4. The van der Waals surface area contributed by atoms with Gasteiger partial charge in [-0.1, -0.05) is 24.3 Å². The van der Waals surface area contributed by atoms with Crippen molar-refractivity contribution in [2.45, 2.75) is 64.4 Å². The molecule has 1 aliphatic carbocycles. The Balaban J connectivity index is 1.41. The highest BCUT2D eigenvalue weighted by Crippen LogP contribution is 2.33. The van der Waals surface area contributed by atoms with E-state index < -0.39 is 5.60 Å². The Morgan fingerprint density at radius 1 is 1.03 bits per heavy atom. The van der Waals surface area contributed by atoms with Crippen LogP contribution in [0.15, 0.2) is 48.8 Å². The number of para-hydroxylation sites is 1. The van der Waals surface area contributed by atoms with Gasteiger partial charge < -0.3 is 28.5 Å². The molecule has 2 aromatic carbocycles. The molecule has 2 aromatic heterocycles. The zero-order valence-electron chi connectivity index (χ0n) is 22.4. The van der Waals surface area contributed by atoms with Crippen LogP contribution in [0.2, 0.25) is 0 Å². The van der Waals surface area contributed by atoms with E-state index in [1.165, 1.54) is 12.8 Å². The second-order valence-electron chi connectivity index (χ2n) is 10.1. The van der Waals surface area contributed by atoms with E-state index in [-0.39, 0.29) is 11.6 Å². The van der Waals surface area contributed by atoms with E-state index in [4.69, 9.17) is 29.3 Å². The molecule has 9 heteroatoms. The molecule has 0 spiro atoms. The summed E-state index contributed by atoms with van der Waals surface area (Å²) in [6.07, 6.45) is 6.43. The van der Waals surface area contributed by atoms with Gasteiger partial charge in [-0.05, 0) is 63.3 Å². The minimum Gasteiger partial charge on any atom is -0.496 e. The van der Waals surface area contributed by atoms with Gasteiger partial charge in [0.05, 0.1) is 39.8 Å². The maximum Gasteiger partial charge on any atom is 0.173 e. The number of ether oxygens (including phenoxy) is 4. The average Bonchev–Trinajstić information content (AvgIpc) is 3.61. The summed E-state index contributed by atoms with van der Waals surface area (Å²) in [5.41, 5.74) is 2.58. The van der Waals surface area contributed by atoms with Crippen molar-refractivity contribution in [3.05, 3.63) is 71.2 Å². The highest BCUT2D eigenvalue weighted by Gasteiger charge is 2.27.